The summed E-state index contributed by atoms with van der Waals surface area (Å²) in [4.78, 5) is 54.2. The highest BCUT2D eigenvalue weighted by Gasteiger charge is 2.52. The predicted octanol–water partition coefficient (Wildman–Crippen LogP) is 1.38. The van der Waals surface area contributed by atoms with E-state index in [1.807, 2.05) is 45.0 Å². The molecule has 4 amide bonds. The lowest BCUT2D eigenvalue weighted by atomic mass is 9.71. The molecular formula is C31H46N6O5. The maximum Gasteiger partial charge on any atom is 0.268 e. The highest BCUT2D eigenvalue weighted by molar-refractivity contribution is 6.01. The number of nitrogens with two attached hydrogens (primary N) is 2. The Hall–Kier alpha value is -3.28. The molecule has 3 aliphatic rings. The maximum atomic E-state index is 13.7. The van der Waals surface area contributed by atoms with E-state index in [0.29, 0.717) is 18.7 Å². The van der Waals surface area contributed by atoms with Crippen molar-refractivity contribution in [2.75, 3.05) is 0 Å². The lowest BCUT2D eigenvalue weighted by Gasteiger charge is -2.57. The van der Waals surface area contributed by atoms with Gasteiger partial charge in [0, 0.05) is 18.5 Å². The molecule has 230 valence electrons. The van der Waals surface area contributed by atoms with Crippen LogP contribution in [0, 0.1) is 5.92 Å². The van der Waals surface area contributed by atoms with Gasteiger partial charge in [-0.2, -0.15) is 0 Å². The third-order valence-corrected chi connectivity index (χ3v) is 8.64. The number of rotatable bonds is 8. The zero-order valence-electron chi connectivity index (χ0n) is 25.2. The number of aliphatic hydroxyl groups is 1. The molecule has 11 nitrogen and oxygen atoms in total. The van der Waals surface area contributed by atoms with Crippen LogP contribution < -0.4 is 27.4 Å². The fraction of sp³-hybridized carbons (Fsp3) is 0.613. The van der Waals surface area contributed by atoms with Crippen LogP contribution in [0.1, 0.15) is 90.2 Å². The number of benzene rings is 1. The van der Waals surface area contributed by atoms with Gasteiger partial charge in [0.05, 0.1) is 24.2 Å². The Kier molecular flexibility index (Phi) is 9.15. The summed E-state index contributed by atoms with van der Waals surface area (Å²) >= 11 is 0. The van der Waals surface area contributed by atoms with E-state index >= 15 is 0 Å². The largest absolute Gasteiger partial charge is 0.393 e. The second-order valence-corrected chi connectivity index (χ2v) is 13.3. The van der Waals surface area contributed by atoms with Gasteiger partial charge in [-0.25, -0.2) is 0 Å². The van der Waals surface area contributed by atoms with Crippen molar-refractivity contribution in [3.8, 4) is 0 Å². The Bertz CT molecular complexity index is 1260. The lowest BCUT2D eigenvalue weighted by Crippen LogP contribution is -2.71. The summed E-state index contributed by atoms with van der Waals surface area (Å²) in [5, 5.41) is 18.9. The zero-order chi connectivity index (χ0) is 30.9. The van der Waals surface area contributed by atoms with E-state index < -0.39 is 53.0 Å². The molecule has 0 spiro atoms. The van der Waals surface area contributed by atoms with Gasteiger partial charge in [-0.1, -0.05) is 30.7 Å². The zero-order valence-corrected chi connectivity index (χ0v) is 25.2. The number of hydrogen-bond acceptors (Lipinski definition) is 8. The molecule has 8 N–H and O–H groups in total. The van der Waals surface area contributed by atoms with Gasteiger partial charge in [-0.3, -0.25) is 29.8 Å². The summed E-state index contributed by atoms with van der Waals surface area (Å²) < 4.78 is 0. The van der Waals surface area contributed by atoms with Crippen LogP contribution in [-0.4, -0.2) is 62.5 Å². The van der Waals surface area contributed by atoms with Crippen LogP contribution in [0.2, 0.25) is 0 Å². The van der Waals surface area contributed by atoms with Crippen molar-refractivity contribution in [2.24, 2.45) is 17.4 Å². The molecule has 5 atom stereocenters. The number of carbonyl (C=O) groups is 4. The first-order valence-corrected chi connectivity index (χ1v) is 14.9. The minimum Gasteiger partial charge on any atom is -0.393 e. The number of piperidine rings is 1. The molecule has 11 heteroatoms. The van der Waals surface area contributed by atoms with Crippen LogP contribution >= 0.6 is 0 Å². The molecular weight excluding hydrogens is 536 g/mol. The van der Waals surface area contributed by atoms with E-state index in [0.717, 1.165) is 43.2 Å². The van der Waals surface area contributed by atoms with Crippen LogP contribution in [0.4, 0.5) is 0 Å². The van der Waals surface area contributed by atoms with Crippen molar-refractivity contribution >= 4 is 29.7 Å². The molecule has 42 heavy (non-hydrogen) atoms. The van der Waals surface area contributed by atoms with E-state index in [-0.39, 0.29) is 18.2 Å². The Balaban J connectivity index is 1.61. The summed E-state index contributed by atoms with van der Waals surface area (Å²) in [6.07, 6.45) is 5.19. The average molecular weight is 583 g/mol. The molecule has 1 saturated carbocycles. The molecule has 0 aromatic heterocycles. The topological polar surface area (TPSA) is 180 Å². The summed E-state index contributed by atoms with van der Waals surface area (Å²) in [5.74, 6) is -2.17. The first-order chi connectivity index (χ1) is 19.6. The van der Waals surface area contributed by atoms with Gasteiger partial charge in [-0.05, 0) is 82.9 Å². The summed E-state index contributed by atoms with van der Waals surface area (Å²) in [5.41, 5.74) is 11.2. The molecule has 1 saturated heterocycles. The first kappa shape index (κ1) is 31.7. The molecule has 0 radical (unpaired) electrons. The van der Waals surface area contributed by atoms with Crippen molar-refractivity contribution in [2.45, 2.75) is 114 Å². The fourth-order valence-electron chi connectivity index (χ4n) is 6.76. The minimum absolute atomic E-state index is 0.178. The van der Waals surface area contributed by atoms with Crippen molar-refractivity contribution in [3.63, 3.8) is 0 Å². The molecule has 1 aromatic carbocycles. The number of primary amides is 1. The Morgan fingerprint density at radius 2 is 1.86 bits per heavy atom. The van der Waals surface area contributed by atoms with Crippen molar-refractivity contribution in [1.29, 1.82) is 0 Å². The average Bonchev–Trinajstić information content (AvgIpc) is 2.90. The standard InChI is InChI=1S/C31H46N6O5/c1-19(38)16-30(33,28(32)42)17-25(39)34-26(40)23-13-12-22-11-7-8-14-31(22,35-23)37-18-21-10-6-5-9-20(21)15-24(37)27(41)36-29(2,3)4/h5-6,9-10,15,19,22-23,35,38H,7-8,11-14,16-18,33H2,1-4H3,(H2,32,42)(H,36,41)(H,34,39,40)/t19-,22?,23?,30+,31+/m1/s1. The molecule has 2 unspecified atom stereocenters. The number of carbonyl (C=O) groups excluding carboxylic acids is 4. The first-order valence-electron chi connectivity index (χ1n) is 14.9. The number of amides is 4. The number of fused-ring (bicyclic) bond motifs is 2. The lowest BCUT2D eigenvalue weighted by molar-refractivity contribution is -0.138. The van der Waals surface area contributed by atoms with Gasteiger partial charge in [0.1, 0.15) is 11.2 Å². The quantitative estimate of drug-likeness (QED) is 0.266. The van der Waals surface area contributed by atoms with E-state index in [4.69, 9.17) is 11.5 Å². The van der Waals surface area contributed by atoms with Gasteiger partial charge in [0.25, 0.3) is 5.91 Å². The van der Waals surface area contributed by atoms with Crippen LogP contribution in [0.15, 0.2) is 30.0 Å². The van der Waals surface area contributed by atoms with Gasteiger partial charge < -0.3 is 26.8 Å². The third-order valence-electron chi connectivity index (χ3n) is 8.64. The number of imide groups is 1. The van der Waals surface area contributed by atoms with Crippen molar-refractivity contribution in [3.05, 3.63) is 41.1 Å². The molecule has 2 fully saturated rings. The molecule has 0 bridgehead atoms. The Morgan fingerprint density at radius 1 is 1.14 bits per heavy atom. The minimum atomic E-state index is -1.78. The number of hydrogen-bond donors (Lipinski definition) is 6. The number of nitrogens with zero attached hydrogens (tertiary/aromatic N) is 1. The summed E-state index contributed by atoms with van der Waals surface area (Å²) in [7, 11) is 0. The monoisotopic (exact) mass is 582 g/mol. The Labute approximate surface area is 247 Å². The van der Waals surface area contributed by atoms with Crippen LogP contribution in [0.25, 0.3) is 6.08 Å². The number of aliphatic hydroxyl groups excluding tert-OH is 1. The highest BCUT2D eigenvalue weighted by atomic mass is 16.3. The van der Waals surface area contributed by atoms with Gasteiger partial charge >= 0.3 is 0 Å². The second kappa shape index (κ2) is 12.1. The molecule has 2 aliphatic heterocycles. The van der Waals surface area contributed by atoms with Gasteiger partial charge in [0.2, 0.25) is 17.7 Å². The molecule has 4 rings (SSSR count). The van der Waals surface area contributed by atoms with E-state index in [2.05, 4.69) is 26.9 Å². The molecule has 1 aromatic rings. The van der Waals surface area contributed by atoms with Gasteiger partial charge in [0.15, 0.2) is 0 Å². The van der Waals surface area contributed by atoms with Crippen molar-refractivity contribution in [1.82, 2.24) is 20.9 Å². The van der Waals surface area contributed by atoms with E-state index in [9.17, 15) is 24.3 Å². The highest BCUT2D eigenvalue weighted by Crippen LogP contribution is 2.46. The molecule has 2 heterocycles. The smallest absolute Gasteiger partial charge is 0.268 e. The number of nitrogens with one attached hydrogen (secondary N) is 3. The van der Waals surface area contributed by atoms with Crippen LogP contribution in [0.3, 0.4) is 0 Å². The van der Waals surface area contributed by atoms with Crippen LogP contribution in [0.5, 0.6) is 0 Å². The SMILES string of the molecule is C[C@@H](O)C[C@](N)(CC(=O)NC(=O)C1CCC2CCCC[C@@]2(N2Cc3ccccc3C=C2C(=O)NC(C)(C)C)N1)C(N)=O. The normalized spacial score (nSPS) is 26.0. The third kappa shape index (κ3) is 6.85. The Morgan fingerprint density at radius 3 is 2.52 bits per heavy atom. The molecule has 1 aliphatic carbocycles. The fourth-order valence-corrected chi connectivity index (χ4v) is 6.76. The summed E-state index contributed by atoms with van der Waals surface area (Å²) in [6.45, 7) is 7.78. The van der Waals surface area contributed by atoms with Crippen molar-refractivity contribution < 1.29 is 24.3 Å². The van der Waals surface area contributed by atoms with Gasteiger partial charge in [-0.15, -0.1) is 0 Å². The van der Waals surface area contributed by atoms with Crippen LogP contribution in [-0.2, 0) is 25.7 Å². The van der Waals surface area contributed by atoms with E-state index in [1.54, 1.807) is 0 Å². The summed E-state index contributed by atoms with van der Waals surface area (Å²) in [6, 6.07) is 7.30. The van der Waals surface area contributed by atoms with E-state index in [1.165, 1.54) is 6.92 Å². The maximum absolute atomic E-state index is 13.7. The predicted molar refractivity (Wildman–Crippen MR) is 159 cm³/mol. The second-order valence-electron chi connectivity index (χ2n) is 13.3.